The van der Waals surface area contributed by atoms with Crippen molar-refractivity contribution in [2.24, 2.45) is 18.9 Å². The summed E-state index contributed by atoms with van der Waals surface area (Å²) in [7, 11) is 6.06. The average molecular weight is 326 g/mol. The van der Waals surface area contributed by atoms with Crippen molar-refractivity contribution < 1.29 is 14.3 Å². The van der Waals surface area contributed by atoms with Gasteiger partial charge in [-0.1, -0.05) is 0 Å². The normalized spacial score (nSPS) is 31.7. The molecule has 126 valence electrons. The average Bonchev–Trinajstić information content (AvgIpc) is 3.07. The number of carbonyl (C=O) groups excluding carboxylic acids is 1. The van der Waals surface area contributed by atoms with Gasteiger partial charge in [0.2, 0.25) is 0 Å². The van der Waals surface area contributed by atoms with E-state index < -0.39 is 0 Å². The van der Waals surface area contributed by atoms with Crippen molar-refractivity contribution in [2.75, 3.05) is 20.8 Å². The van der Waals surface area contributed by atoms with Crippen LogP contribution in [0.3, 0.4) is 0 Å². The molecule has 3 aliphatic heterocycles. The number of hydrogen-bond donors (Lipinski definition) is 0. The molecule has 2 aromatic rings. The predicted octanol–water partition coefficient (Wildman–Crippen LogP) is 2.28. The van der Waals surface area contributed by atoms with Crippen LogP contribution in [0.15, 0.2) is 18.2 Å². The molecule has 0 radical (unpaired) electrons. The summed E-state index contributed by atoms with van der Waals surface area (Å²) >= 11 is 0. The fraction of sp³-hybridized carbons (Fsp3) is 0.526. The molecule has 5 nitrogen and oxygen atoms in total. The highest BCUT2D eigenvalue weighted by Gasteiger charge is 2.52. The highest BCUT2D eigenvalue weighted by molar-refractivity contribution is 5.88. The summed E-state index contributed by atoms with van der Waals surface area (Å²) in [6.45, 7) is 0.578. The lowest BCUT2D eigenvalue weighted by atomic mass is 9.72. The van der Waals surface area contributed by atoms with Gasteiger partial charge in [0.05, 0.1) is 25.7 Å². The molecule has 1 aromatic carbocycles. The van der Waals surface area contributed by atoms with E-state index in [9.17, 15) is 4.79 Å². The molecule has 0 aliphatic carbocycles. The lowest BCUT2D eigenvalue weighted by Crippen LogP contribution is -2.53. The minimum atomic E-state index is 0.00647. The van der Waals surface area contributed by atoms with Gasteiger partial charge in [-0.25, -0.2) is 0 Å². The van der Waals surface area contributed by atoms with Crippen LogP contribution < -0.4 is 4.74 Å². The van der Waals surface area contributed by atoms with Gasteiger partial charge in [-0.2, -0.15) is 0 Å². The Morgan fingerprint density at radius 2 is 2.12 bits per heavy atom. The summed E-state index contributed by atoms with van der Waals surface area (Å²) < 4.78 is 13.1. The fourth-order valence-corrected chi connectivity index (χ4v) is 5.26. The number of ether oxygens (including phenoxy) is 2. The van der Waals surface area contributed by atoms with Gasteiger partial charge in [-0.3, -0.25) is 9.69 Å². The van der Waals surface area contributed by atoms with Crippen LogP contribution in [0.1, 0.15) is 23.7 Å². The van der Waals surface area contributed by atoms with Crippen molar-refractivity contribution in [3.8, 4) is 5.75 Å². The lowest BCUT2D eigenvalue weighted by molar-refractivity contribution is -0.142. The van der Waals surface area contributed by atoms with Gasteiger partial charge in [0, 0.05) is 35.6 Å². The van der Waals surface area contributed by atoms with Crippen molar-refractivity contribution >= 4 is 16.9 Å². The number of likely N-dealkylation sites (N-methyl/N-ethyl adjacent to an activating group) is 1. The maximum Gasteiger partial charge on any atom is 0.309 e. The number of carbonyl (C=O) groups is 1. The molecule has 0 N–H and O–H groups in total. The van der Waals surface area contributed by atoms with Crippen molar-refractivity contribution in [1.82, 2.24) is 9.47 Å². The number of aryl methyl sites for hydroxylation is 1. The highest BCUT2D eigenvalue weighted by Crippen LogP contribution is 2.50. The predicted molar refractivity (Wildman–Crippen MR) is 90.0 cm³/mol. The van der Waals surface area contributed by atoms with Crippen LogP contribution >= 0.6 is 0 Å². The van der Waals surface area contributed by atoms with Gasteiger partial charge in [-0.05, 0) is 43.7 Å². The Morgan fingerprint density at radius 3 is 2.92 bits per heavy atom. The molecule has 2 fully saturated rings. The summed E-state index contributed by atoms with van der Waals surface area (Å²) in [6.07, 6.45) is 1.84. The Hall–Kier alpha value is -2.01. The minimum Gasteiger partial charge on any atom is -0.497 e. The number of hydrogen-bond acceptors (Lipinski definition) is 4. The molecule has 4 heterocycles. The Balaban J connectivity index is 1.72. The Morgan fingerprint density at radius 1 is 1.29 bits per heavy atom. The maximum absolute atomic E-state index is 12.1. The summed E-state index contributed by atoms with van der Waals surface area (Å²) in [5.41, 5.74) is 4.03. The van der Waals surface area contributed by atoms with E-state index >= 15 is 0 Å². The van der Waals surface area contributed by atoms with E-state index in [2.05, 4.69) is 35.7 Å². The third-order valence-electron chi connectivity index (χ3n) is 6.51. The molecule has 5 rings (SSSR count). The van der Waals surface area contributed by atoms with Gasteiger partial charge >= 0.3 is 5.97 Å². The molecule has 2 saturated heterocycles. The third kappa shape index (κ3) is 1.66. The molecule has 0 spiro atoms. The molecular weight excluding hydrogens is 304 g/mol. The molecule has 3 aliphatic rings. The molecule has 2 bridgehead atoms. The SMILES string of the molecule is COc1ccc2c(c1)c1c(n2C)[C@@H]2C[C@H]3C(=O)OC[C@H]3[C@@H](C1)N2C. The largest absolute Gasteiger partial charge is 0.497 e. The first-order valence-corrected chi connectivity index (χ1v) is 8.64. The summed E-state index contributed by atoms with van der Waals surface area (Å²) in [4.78, 5) is 14.6. The second-order valence-electron chi connectivity index (χ2n) is 7.39. The number of nitrogens with zero attached hydrogens (tertiary/aromatic N) is 2. The van der Waals surface area contributed by atoms with E-state index in [0.717, 1.165) is 18.6 Å². The molecular formula is C19H22N2O3. The first kappa shape index (κ1) is 14.3. The first-order chi connectivity index (χ1) is 11.6. The number of rotatable bonds is 1. The molecule has 1 aromatic heterocycles. The van der Waals surface area contributed by atoms with Crippen LogP contribution in [0.25, 0.3) is 10.9 Å². The van der Waals surface area contributed by atoms with E-state index in [1.54, 1.807) is 7.11 Å². The third-order valence-corrected chi connectivity index (χ3v) is 6.51. The van der Waals surface area contributed by atoms with Gasteiger partial charge in [0.15, 0.2) is 0 Å². The van der Waals surface area contributed by atoms with Crippen molar-refractivity contribution in [1.29, 1.82) is 0 Å². The van der Waals surface area contributed by atoms with Crippen LogP contribution in [0.5, 0.6) is 5.75 Å². The van der Waals surface area contributed by atoms with Gasteiger partial charge in [-0.15, -0.1) is 0 Å². The van der Waals surface area contributed by atoms with Gasteiger partial charge in [0.1, 0.15) is 5.75 Å². The first-order valence-electron chi connectivity index (χ1n) is 8.64. The van der Waals surface area contributed by atoms with Crippen LogP contribution in [0.2, 0.25) is 0 Å². The van der Waals surface area contributed by atoms with Crippen molar-refractivity contribution in [3.05, 3.63) is 29.5 Å². The van der Waals surface area contributed by atoms with Crippen LogP contribution in [0.4, 0.5) is 0 Å². The quantitative estimate of drug-likeness (QED) is 0.754. The Kier molecular flexibility index (Phi) is 2.84. The van der Waals surface area contributed by atoms with E-state index in [-0.39, 0.29) is 17.9 Å². The van der Waals surface area contributed by atoms with E-state index in [0.29, 0.717) is 18.6 Å². The van der Waals surface area contributed by atoms with E-state index in [1.807, 2.05) is 6.07 Å². The highest BCUT2D eigenvalue weighted by atomic mass is 16.5. The van der Waals surface area contributed by atoms with Crippen molar-refractivity contribution in [2.45, 2.75) is 24.9 Å². The standard InChI is InChI=1S/C19H22N2O3/c1-20-16-7-12-11-6-10(23-3)4-5-15(11)21(2)18(12)17(20)8-13-14(16)9-24-19(13)22/h4-6,13-14,16-17H,7-9H2,1-3H3/t13-,14-,16-,17+/m1/s1. The maximum atomic E-state index is 12.1. The molecule has 4 atom stereocenters. The van der Waals surface area contributed by atoms with E-state index in [1.165, 1.54) is 22.2 Å². The summed E-state index contributed by atoms with van der Waals surface area (Å²) in [5.74, 6) is 1.30. The number of benzene rings is 1. The second kappa shape index (κ2) is 4.76. The van der Waals surface area contributed by atoms with Gasteiger partial charge < -0.3 is 14.0 Å². The smallest absolute Gasteiger partial charge is 0.309 e. The molecule has 0 saturated carbocycles. The fourth-order valence-electron chi connectivity index (χ4n) is 5.26. The molecule has 5 heteroatoms. The summed E-state index contributed by atoms with van der Waals surface area (Å²) in [5, 5.41) is 1.29. The number of fused-ring (bicyclic) bond motifs is 8. The zero-order valence-electron chi connectivity index (χ0n) is 14.3. The zero-order valence-corrected chi connectivity index (χ0v) is 14.3. The molecule has 0 unspecified atom stereocenters. The monoisotopic (exact) mass is 326 g/mol. The van der Waals surface area contributed by atoms with Crippen LogP contribution in [-0.2, 0) is 23.0 Å². The minimum absolute atomic E-state index is 0.00647. The van der Waals surface area contributed by atoms with Crippen LogP contribution in [-0.4, -0.2) is 42.2 Å². The number of esters is 1. The lowest BCUT2D eigenvalue weighted by Gasteiger charge is -2.48. The molecule has 0 amide bonds. The van der Waals surface area contributed by atoms with Gasteiger partial charge in [0.25, 0.3) is 0 Å². The number of cyclic esters (lactones) is 1. The summed E-state index contributed by atoms with van der Waals surface area (Å²) in [6, 6.07) is 6.99. The van der Waals surface area contributed by atoms with Crippen LogP contribution in [0, 0.1) is 11.8 Å². The topological polar surface area (TPSA) is 43.7 Å². The van der Waals surface area contributed by atoms with E-state index in [4.69, 9.17) is 9.47 Å². The number of aromatic nitrogens is 1. The number of piperidine rings is 1. The Bertz CT molecular complexity index is 856. The molecule has 24 heavy (non-hydrogen) atoms. The van der Waals surface area contributed by atoms with Crippen molar-refractivity contribution in [3.63, 3.8) is 0 Å². The zero-order chi connectivity index (χ0) is 16.6. The number of methoxy groups -OCH3 is 1. The second-order valence-corrected chi connectivity index (χ2v) is 7.39. The Labute approximate surface area is 141 Å².